The molecule has 0 spiro atoms. The maximum atomic E-state index is 14.2. The van der Waals surface area contributed by atoms with E-state index in [1.54, 1.807) is 26.2 Å². The Hall–Kier alpha value is -1.17. The number of halogens is 1. The summed E-state index contributed by atoms with van der Waals surface area (Å²) in [6, 6.07) is 4.78. The molecule has 5 heteroatoms. The predicted molar refractivity (Wildman–Crippen MR) is 83.2 cm³/mol. The fraction of sp³-hybridized carbons (Fsp3) is 0.625. The van der Waals surface area contributed by atoms with E-state index in [1.807, 2.05) is 18.9 Å². The van der Waals surface area contributed by atoms with Crippen LogP contribution >= 0.6 is 0 Å². The molecule has 0 fully saturated rings. The third-order valence-electron chi connectivity index (χ3n) is 3.41. The fourth-order valence-electron chi connectivity index (χ4n) is 2.52. The second-order valence-corrected chi connectivity index (χ2v) is 5.37. The van der Waals surface area contributed by atoms with Crippen molar-refractivity contribution in [3.05, 3.63) is 29.6 Å². The second-order valence-electron chi connectivity index (χ2n) is 5.37. The summed E-state index contributed by atoms with van der Waals surface area (Å²) >= 11 is 0. The van der Waals surface area contributed by atoms with E-state index in [0.717, 1.165) is 19.5 Å². The Bertz CT molecular complexity index is 427. The maximum Gasteiger partial charge on any atom is 0.131 e. The van der Waals surface area contributed by atoms with Crippen molar-refractivity contribution in [2.24, 2.45) is 0 Å². The number of hydrogen-bond acceptors (Lipinski definition) is 4. The van der Waals surface area contributed by atoms with Crippen LogP contribution in [0.5, 0.6) is 5.75 Å². The first-order valence-corrected chi connectivity index (χ1v) is 7.42. The molecule has 0 aliphatic heterocycles. The van der Waals surface area contributed by atoms with Crippen LogP contribution in [0.1, 0.15) is 31.9 Å². The van der Waals surface area contributed by atoms with Crippen molar-refractivity contribution in [3.8, 4) is 5.75 Å². The zero-order valence-corrected chi connectivity index (χ0v) is 13.4. The van der Waals surface area contributed by atoms with Crippen molar-refractivity contribution in [3.63, 3.8) is 0 Å². The average Bonchev–Trinajstić information content (AvgIpc) is 2.42. The number of nitrogens with zero attached hydrogens (tertiary/aromatic N) is 1. The summed E-state index contributed by atoms with van der Waals surface area (Å²) in [6.45, 7) is 5.88. The van der Waals surface area contributed by atoms with E-state index in [9.17, 15) is 9.50 Å². The first-order chi connectivity index (χ1) is 9.99. The molecule has 2 unspecified atom stereocenters. The predicted octanol–water partition coefficient (Wildman–Crippen LogP) is 2.19. The van der Waals surface area contributed by atoms with Crippen LogP contribution in [-0.2, 0) is 0 Å². The molecule has 0 aliphatic rings. The maximum absolute atomic E-state index is 14.2. The van der Waals surface area contributed by atoms with Gasteiger partial charge in [0.1, 0.15) is 11.6 Å². The molecule has 1 rings (SSSR count). The Balaban J connectivity index is 2.82. The van der Waals surface area contributed by atoms with Crippen LogP contribution in [0, 0.1) is 5.82 Å². The van der Waals surface area contributed by atoms with E-state index < -0.39 is 0 Å². The zero-order valence-electron chi connectivity index (χ0n) is 13.4. The van der Waals surface area contributed by atoms with E-state index in [4.69, 9.17) is 4.74 Å². The van der Waals surface area contributed by atoms with Gasteiger partial charge in [-0.25, -0.2) is 4.39 Å². The highest BCUT2D eigenvalue weighted by atomic mass is 19.1. The molecule has 0 radical (unpaired) electrons. The lowest BCUT2D eigenvalue weighted by Crippen LogP contribution is -2.31. The minimum absolute atomic E-state index is 0.109. The molecule has 0 bridgehead atoms. The van der Waals surface area contributed by atoms with Gasteiger partial charge < -0.3 is 20.1 Å². The topological polar surface area (TPSA) is 44.7 Å². The van der Waals surface area contributed by atoms with Crippen LogP contribution in [0.4, 0.5) is 4.39 Å². The lowest BCUT2D eigenvalue weighted by atomic mass is 10.0. The van der Waals surface area contributed by atoms with E-state index in [2.05, 4.69) is 5.32 Å². The van der Waals surface area contributed by atoms with Crippen LogP contribution < -0.4 is 10.1 Å². The van der Waals surface area contributed by atoms with Crippen molar-refractivity contribution in [1.29, 1.82) is 0 Å². The van der Waals surface area contributed by atoms with Crippen LogP contribution in [0.25, 0.3) is 0 Å². The first kappa shape index (κ1) is 17.9. The van der Waals surface area contributed by atoms with E-state index >= 15 is 0 Å². The smallest absolute Gasteiger partial charge is 0.131 e. The molecular weight excluding hydrogens is 271 g/mol. The summed E-state index contributed by atoms with van der Waals surface area (Å²) in [6.07, 6.45) is 0.379. The molecule has 0 amide bonds. The van der Waals surface area contributed by atoms with Crippen molar-refractivity contribution in [1.82, 2.24) is 10.2 Å². The third kappa shape index (κ3) is 5.61. The third-order valence-corrected chi connectivity index (χ3v) is 3.41. The summed E-state index contributed by atoms with van der Waals surface area (Å²) in [7, 11) is 3.51. The van der Waals surface area contributed by atoms with Crippen molar-refractivity contribution in [2.75, 3.05) is 33.8 Å². The van der Waals surface area contributed by atoms with Crippen LogP contribution in [0.15, 0.2) is 18.2 Å². The molecular formula is C16H27FN2O2. The molecule has 0 saturated carbocycles. The molecule has 0 heterocycles. The van der Waals surface area contributed by atoms with Crippen LogP contribution in [0.2, 0.25) is 0 Å². The number of aliphatic hydroxyl groups excluding tert-OH is 1. The molecule has 2 N–H and O–H groups in total. The number of rotatable bonds is 9. The molecule has 120 valence electrons. The number of nitrogens with one attached hydrogen (secondary N) is 1. The number of benzene rings is 1. The minimum atomic E-state index is -0.365. The summed E-state index contributed by atoms with van der Waals surface area (Å²) in [5, 5.41) is 12.7. The van der Waals surface area contributed by atoms with Crippen LogP contribution in [0.3, 0.4) is 0 Å². The Morgan fingerprint density at radius 1 is 1.43 bits per heavy atom. The van der Waals surface area contributed by atoms with Gasteiger partial charge in [-0.05, 0) is 45.6 Å². The minimum Gasteiger partial charge on any atom is -0.496 e. The molecule has 0 aromatic heterocycles. The Morgan fingerprint density at radius 3 is 2.71 bits per heavy atom. The number of aliphatic hydroxyl groups is 1. The van der Waals surface area contributed by atoms with E-state index in [0.29, 0.717) is 17.9 Å². The summed E-state index contributed by atoms with van der Waals surface area (Å²) in [4.78, 5) is 2.04. The van der Waals surface area contributed by atoms with Gasteiger partial charge >= 0.3 is 0 Å². The SMILES string of the molecule is CCNC(CCN(C)CC(C)O)c1c(F)cccc1OC. The van der Waals surface area contributed by atoms with Gasteiger partial charge in [0.15, 0.2) is 0 Å². The van der Waals surface area contributed by atoms with Crippen molar-refractivity contribution in [2.45, 2.75) is 32.4 Å². The Morgan fingerprint density at radius 2 is 2.14 bits per heavy atom. The molecule has 21 heavy (non-hydrogen) atoms. The monoisotopic (exact) mass is 298 g/mol. The number of ether oxygens (including phenoxy) is 1. The quantitative estimate of drug-likeness (QED) is 0.733. The number of hydrogen-bond donors (Lipinski definition) is 2. The highest BCUT2D eigenvalue weighted by Gasteiger charge is 2.20. The summed E-state index contributed by atoms with van der Waals surface area (Å²) in [5.41, 5.74) is 0.576. The van der Waals surface area contributed by atoms with Gasteiger partial charge in [0, 0.05) is 18.2 Å². The summed E-state index contributed by atoms with van der Waals surface area (Å²) < 4.78 is 19.5. The highest BCUT2D eigenvalue weighted by Crippen LogP contribution is 2.29. The normalized spacial score (nSPS) is 14.2. The standard InChI is InChI=1S/C16H27FN2O2/c1-5-18-14(9-10-19(3)11-12(2)20)16-13(17)7-6-8-15(16)21-4/h6-8,12,14,18,20H,5,9-11H2,1-4H3. The van der Waals surface area contributed by atoms with Gasteiger partial charge in [-0.15, -0.1) is 0 Å². The van der Waals surface area contributed by atoms with Crippen LogP contribution in [-0.4, -0.2) is 49.9 Å². The largest absolute Gasteiger partial charge is 0.496 e. The van der Waals surface area contributed by atoms with Gasteiger partial charge in [-0.2, -0.15) is 0 Å². The van der Waals surface area contributed by atoms with Gasteiger partial charge in [0.05, 0.1) is 13.2 Å². The number of likely N-dealkylation sites (N-methyl/N-ethyl adjacent to an activating group) is 1. The van der Waals surface area contributed by atoms with E-state index in [-0.39, 0.29) is 18.0 Å². The van der Waals surface area contributed by atoms with Gasteiger partial charge in [-0.1, -0.05) is 13.0 Å². The average molecular weight is 298 g/mol. The van der Waals surface area contributed by atoms with Gasteiger partial charge in [0.25, 0.3) is 0 Å². The van der Waals surface area contributed by atoms with E-state index in [1.165, 1.54) is 6.07 Å². The highest BCUT2D eigenvalue weighted by molar-refractivity contribution is 5.37. The molecule has 2 atom stereocenters. The lowest BCUT2D eigenvalue weighted by molar-refractivity contribution is 0.138. The second kappa shape index (κ2) is 8.97. The van der Waals surface area contributed by atoms with Crippen molar-refractivity contribution >= 4 is 0 Å². The van der Waals surface area contributed by atoms with Gasteiger partial charge in [-0.3, -0.25) is 0 Å². The first-order valence-electron chi connectivity index (χ1n) is 7.42. The molecule has 1 aromatic carbocycles. The molecule has 4 nitrogen and oxygen atoms in total. The zero-order chi connectivity index (χ0) is 15.8. The van der Waals surface area contributed by atoms with Gasteiger partial charge in [0.2, 0.25) is 0 Å². The fourth-order valence-corrected chi connectivity index (χ4v) is 2.52. The number of methoxy groups -OCH3 is 1. The summed E-state index contributed by atoms with van der Waals surface area (Å²) in [5.74, 6) is 0.317. The lowest BCUT2D eigenvalue weighted by Gasteiger charge is -2.25. The molecule has 1 aromatic rings. The molecule has 0 aliphatic carbocycles. The Labute approximate surface area is 126 Å². The molecule has 0 saturated heterocycles. The Kier molecular flexibility index (Phi) is 7.64. The van der Waals surface area contributed by atoms with Crippen molar-refractivity contribution < 1.29 is 14.2 Å².